The van der Waals surface area contributed by atoms with Crippen LogP contribution >= 0.6 is 0 Å². The van der Waals surface area contributed by atoms with Crippen molar-refractivity contribution in [2.45, 2.75) is 26.4 Å². The van der Waals surface area contributed by atoms with Gasteiger partial charge in [-0.25, -0.2) is 0 Å². The van der Waals surface area contributed by atoms with Crippen molar-refractivity contribution in [2.24, 2.45) is 4.99 Å². The minimum atomic E-state index is -0.809. The molecule has 4 N–H and O–H groups in total. The van der Waals surface area contributed by atoms with Gasteiger partial charge in [0.05, 0.1) is 20.8 Å². The topological polar surface area (TPSA) is 90.9 Å². The van der Waals surface area contributed by atoms with E-state index in [1.54, 1.807) is 32.4 Å². The summed E-state index contributed by atoms with van der Waals surface area (Å²) < 4.78 is 10.6. The van der Waals surface area contributed by atoms with E-state index in [0.29, 0.717) is 23.0 Å². The summed E-state index contributed by atoms with van der Waals surface area (Å²) in [5.41, 5.74) is 4.30. The van der Waals surface area contributed by atoms with E-state index < -0.39 is 6.10 Å². The van der Waals surface area contributed by atoms with Gasteiger partial charge in [0.15, 0.2) is 5.96 Å². The van der Waals surface area contributed by atoms with Crippen molar-refractivity contribution in [1.29, 1.82) is 0 Å². The van der Waals surface area contributed by atoms with Crippen molar-refractivity contribution in [2.75, 3.05) is 33.9 Å². The predicted octanol–water partition coefficient (Wildman–Crippen LogP) is 3.32. The zero-order valence-corrected chi connectivity index (χ0v) is 18.7. The minimum absolute atomic E-state index is 0.199. The fourth-order valence-electron chi connectivity index (χ4n) is 3.68. The molecule has 7 heteroatoms. The summed E-state index contributed by atoms with van der Waals surface area (Å²) in [7, 11) is 3.18. The molecule has 0 amide bonds. The second-order valence-electron chi connectivity index (χ2n) is 7.29. The van der Waals surface area contributed by atoms with E-state index in [0.717, 1.165) is 25.0 Å². The van der Waals surface area contributed by atoms with Gasteiger partial charge in [-0.3, -0.25) is 4.99 Å². The number of aryl methyl sites for hydroxylation is 1. The highest BCUT2D eigenvalue weighted by atomic mass is 16.5. The van der Waals surface area contributed by atoms with E-state index in [-0.39, 0.29) is 6.54 Å². The van der Waals surface area contributed by atoms with Crippen molar-refractivity contribution in [3.63, 3.8) is 0 Å². The highest BCUT2D eigenvalue weighted by molar-refractivity contribution is 5.84. The lowest BCUT2D eigenvalue weighted by molar-refractivity contribution is 0.182. The first-order valence-electron chi connectivity index (χ1n) is 10.6. The Morgan fingerprint density at radius 2 is 1.94 bits per heavy atom. The summed E-state index contributed by atoms with van der Waals surface area (Å²) in [5, 5.41) is 18.6. The number of nitrogens with zero attached hydrogens (tertiary/aromatic N) is 1. The Morgan fingerprint density at radius 3 is 2.68 bits per heavy atom. The van der Waals surface area contributed by atoms with Crippen LogP contribution in [0.15, 0.2) is 47.5 Å². The van der Waals surface area contributed by atoms with E-state index >= 15 is 0 Å². The summed E-state index contributed by atoms with van der Waals surface area (Å²) in [6.07, 6.45) is 0.0587. The van der Waals surface area contributed by atoms with Gasteiger partial charge in [-0.05, 0) is 50.1 Å². The van der Waals surface area contributed by atoms with E-state index in [9.17, 15) is 5.11 Å². The van der Waals surface area contributed by atoms with Crippen molar-refractivity contribution in [1.82, 2.24) is 15.6 Å². The standard InChI is InChI=1S/C24H32N4O3/c1-5-25-24(26-13-12-18-16(2)28-21-9-7-6-8-19(18)21)27-15-22(29)20-14-17(30-3)10-11-23(20)31-4/h6-11,14,22,28-29H,5,12-13,15H2,1-4H3,(H2,25,26,27). The highest BCUT2D eigenvalue weighted by Gasteiger charge is 2.15. The number of rotatable bonds is 9. The van der Waals surface area contributed by atoms with Crippen LogP contribution in [0.25, 0.3) is 10.9 Å². The Hall–Kier alpha value is -3.19. The van der Waals surface area contributed by atoms with E-state index in [1.807, 2.05) is 13.0 Å². The van der Waals surface area contributed by atoms with Gasteiger partial charge in [-0.1, -0.05) is 18.2 Å². The number of fused-ring (bicyclic) bond motifs is 1. The molecule has 31 heavy (non-hydrogen) atoms. The summed E-state index contributed by atoms with van der Waals surface area (Å²) >= 11 is 0. The smallest absolute Gasteiger partial charge is 0.191 e. The first kappa shape index (κ1) is 22.5. The SMILES string of the molecule is CCNC(=NCC(O)c1cc(OC)ccc1OC)NCCc1c(C)[nH]c2ccccc12. The number of aliphatic imine (C=N–C) groups is 1. The molecule has 166 valence electrons. The number of ether oxygens (including phenoxy) is 2. The zero-order valence-electron chi connectivity index (χ0n) is 18.7. The lowest BCUT2D eigenvalue weighted by Gasteiger charge is -2.16. The molecule has 2 aromatic carbocycles. The maximum Gasteiger partial charge on any atom is 0.191 e. The Morgan fingerprint density at radius 1 is 1.13 bits per heavy atom. The van der Waals surface area contributed by atoms with Crippen molar-refractivity contribution in [3.8, 4) is 11.5 Å². The molecule has 1 unspecified atom stereocenters. The van der Waals surface area contributed by atoms with Gasteiger partial charge < -0.3 is 30.2 Å². The summed E-state index contributed by atoms with van der Waals surface area (Å²) in [6.45, 7) is 5.78. The molecule has 1 heterocycles. The summed E-state index contributed by atoms with van der Waals surface area (Å²) in [6, 6.07) is 13.7. The molecule has 0 aliphatic rings. The zero-order chi connectivity index (χ0) is 22.2. The molecule has 0 aliphatic heterocycles. The largest absolute Gasteiger partial charge is 0.497 e. The third-order valence-electron chi connectivity index (χ3n) is 5.26. The average Bonchev–Trinajstić information content (AvgIpc) is 3.11. The second kappa shape index (κ2) is 10.7. The first-order chi connectivity index (χ1) is 15.1. The number of aromatic nitrogens is 1. The van der Waals surface area contributed by atoms with Crippen molar-refractivity contribution < 1.29 is 14.6 Å². The molecule has 3 aromatic rings. The molecule has 0 radical (unpaired) electrons. The fraction of sp³-hybridized carbons (Fsp3) is 0.375. The van der Waals surface area contributed by atoms with Gasteiger partial charge in [-0.2, -0.15) is 0 Å². The second-order valence-corrected chi connectivity index (χ2v) is 7.29. The number of methoxy groups -OCH3 is 2. The summed E-state index contributed by atoms with van der Waals surface area (Å²) in [4.78, 5) is 8.00. The number of hydrogen-bond donors (Lipinski definition) is 4. The average molecular weight is 425 g/mol. The van der Waals surface area contributed by atoms with Gasteiger partial charge in [0.1, 0.15) is 17.6 Å². The molecular weight excluding hydrogens is 392 g/mol. The highest BCUT2D eigenvalue weighted by Crippen LogP contribution is 2.29. The molecule has 0 fully saturated rings. The molecule has 0 saturated heterocycles. The predicted molar refractivity (Wildman–Crippen MR) is 125 cm³/mol. The molecule has 1 atom stereocenters. The number of aromatic amines is 1. The number of nitrogens with one attached hydrogen (secondary N) is 3. The molecule has 0 aliphatic carbocycles. The number of H-pyrrole nitrogens is 1. The van der Waals surface area contributed by atoms with E-state index in [4.69, 9.17) is 9.47 Å². The fourth-order valence-corrected chi connectivity index (χ4v) is 3.68. The van der Waals surface area contributed by atoms with Crippen molar-refractivity contribution in [3.05, 3.63) is 59.3 Å². The number of benzene rings is 2. The minimum Gasteiger partial charge on any atom is -0.497 e. The number of hydrogen-bond acceptors (Lipinski definition) is 4. The molecule has 7 nitrogen and oxygen atoms in total. The van der Waals surface area contributed by atoms with Gasteiger partial charge in [0, 0.05) is 35.2 Å². The maximum absolute atomic E-state index is 10.7. The van der Waals surface area contributed by atoms with Crippen LogP contribution in [0, 0.1) is 6.92 Å². The molecule has 3 rings (SSSR count). The van der Waals surface area contributed by atoms with E-state index in [1.165, 1.54) is 16.6 Å². The van der Waals surface area contributed by atoms with Crippen LogP contribution in [-0.2, 0) is 6.42 Å². The Kier molecular flexibility index (Phi) is 7.78. The van der Waals surface area contributed by atoms with Crippen LogP contribution in [-0.4, -0.2) is 49.9 Å². The summed E-state index contributed by atoms with van der Waals surface area (Å²) in [5.74, 6) is 1.94. The third kappa shape index (κ3) is 5.49. The molecule has 0 saturated carbocycles. The van der Waals surface area contributed by atoms with E-state index in [2.05, 4.69) is 45.7 Å². The number of aliphatic hydroxyl groups excluding tert-OH is 1. The van der Waals surface area contributed by atoms with Crippen LogP contribution in [0.2, 0.25) is 0 Å². The van der Waals surface area contributed by atoms with Gasteiger partial charge in [-0.15, -0.1) is 0 Å². The Labute approximate surface area is 183 Å². The van der Waals surface area contributed by atoms with Crippen LogP contribution in [0.5, 0.6) is 11.5 Å². The molecule has 0 spiro atoms. The normalized spacial score (nSPS) is 12.6. The quantitative estimate of drug-likeness (QED) is 0.312. The number of para-hydroxylation sites is 1. The molecule has 0 bridgehead atoms. The van der Waals surface area contributed by atoms with Crippen LogP contribution in [0.4, 0.5) is 0 Å². The number of aliphatic hydroxyl groups is 1. The Balaban J connectivity index is 1.65. The third-order valence-corrected chi connectivity index (χ3v) is 5.26. The van der Waals surface area contributed by atoms with Crippen LogP contribution in [0.1, 0.15) is 29.8 Å². The lowest BCUT2D eigenvalue weighted by atomic mass is 10.1. The van der Waals surface area contributed by atoms with Crippen LogP contribution in [0.3, 0.4) is 0 Å². The molecular formula is C24H32N4O3. The van der Waals surface area contributed by atoms with Gasteiger partial charge >= 0.3 is 0 Å². The molecule has 1 aromatic heterocycles. The first-order valence-corrected chi connectivity index (χ1v) is 10.6. The Bertz CT molecular complexity index is 1030. The monoisotopic (exact) mass is 424 g/mol. The van der Waals surface area contributed by atoms with Crippen molar-refractivity contribution >= 4 is 16.9 Å². The van der Waals surface area contributed by atoms with Gasteiger partial charge in [0.2, 0.25) is 0 Å². The van der Waals surface area contributed by atoms with Crippen LogP contribution < -0.4 is 20.1 Å². The van der Waals surface area contributed by atoms with Gasteiger partial charge in [0.25, 0.3) is 0 Å². The lowest BCUT2D eigenvalue weighted by Crippen LogP contribution is -2.38. The maximum atomic E-state index is 10.7. The number of guanidine groups is 1.